The van der Waals surface area contributed by atoms with E-state index in [1.807, 2.05) is 4.90 Å². The molecule has 14 heavy (non-hydrogen) atoms. The minimum Gasteiger partial charge on any atom is -0.492 e. The highest BCUT2D eigenvalue weighted by molar-refractivity contribution is 5.52. The Morgan fingerprint density at radius 3 is 2.71 bits per heavy atom. The predicted molar refractivity (Wildman–Crippen MR) is 52.6 cm³/mol. The summed E-state index contributed by atoms with van der Waals surface area (Å²) < 4.78 is 0. The topological polar surface area (TPSA) is 69.2 Å². The number of anilines is 1. The Morgan fingerprint density at radius 2 is 2.07 bits per heavy atom. The van der Waals surface area contributed by atoms with E-state index < -0.39 is 0 Å². The van der Waals surface area contributed by atoms with E-state index in [2.05, 4.69) is 9.97 Å². The zero-order valence-corrected chi connectivity index (χ0v) is 7.86. The molecule has 2 N–H and O–H groups in total. The van der Waals surface area contributed by atoms with Crippen molar-refractivity contribution in [2.45, 2.75) is 19.3 Å². The number of piperidine rings is 1. The summed E-state index contributed by atoms with van der Waals surface area (Å²) in [7, 11) is 0. The molecule has 1 aromatic rings. The molecule has 76 valence electrons. The van der Waals surface area contributed by atoms with E-state index in [1.54, 1.807) is 0 Å². The molecule has 0 aliphatic carbocycles. The molecule has 1 aromatic heterocycles. The fourth-order valence-electron chi connectivity index (χ4n) is 1.79. The first-order chi connectivity index (χ1) is 6.79. The molecule has 2 rings (SSSR count). The van der Waals surface area contributed by atoms with Gasteiger partial charge in [-0.05, 0) is 19.3 Å². The van der Waals surface area contributed by atoms with Crippen molar-refractivity contribution in [3.8, 4) is 5.88 Å². The second-order valence-corrected chi connectivity index (χ2v) is 3.45. The maximum absolute atomic E-state index is 11.4. The molecule has 0 bridgehead atoms. The number of aromatic nitrogens is 2. The Hall–Kier alpha value is -1.52. The lowest BCUT2D eigenvalue weighted by molar-refractivity contribution is 0.446. The van der Waals surface area contributed by atoms with Gasteiger partial charge in [-0.1, -0.05) is 0 Å². The number of aromatic amines is 1. The smallest absolute Gasteiger partial charge is 0.278 e. The van der Waals surface area contributed by atoms with Crippen LogP contribution in [0.1, 0.15) is 19.3 Å². The van der Waals surface area contributed by atoms with Crippen LogP contribution < -0.4 is 10.5 Å². The van der Waals surface area contributed by atoms with Gasteiger partial charge in [-0.3, -0.25) is 4.79 Å². The van der Waals surface area contributed by atoms with Crippen LogP contribution >= 0.6 is 0 Å². The minimum absolute atomic E-state index is 0.171. The van der Waals surface area contributed by atoms with Crippen LogP contribution in [0.15, 0.2) is 11.1 Å². The van der Waals surface area contributed by atoms with Gasteiger partial charge in [-0.15, -0.1) is 0 Å². The average molecular weight is 195 g/mol. The fourth-order valence-corrected chi connectivity index (χ4v) is 1.79. The summed E-state index contributed by atoms with van der Waals surface area (Å²) in [6.45, 7) is 1.64. The summed E-state index contributed by atoms with van der Waals surface area (Å²) in [4.78, 5) is 19.5. The molecule has 5 nitrogen and oxygen atoms in total. The predicted octanol–water partition coefficient (Wildman–Crippen LogP) is 0.466. The summed E-state index contributed by atoms with van der Waals surface area (Å²) in [6, 6.07) is 0. The number of nitrogens with one attached hydrogen (secondary N) is 1. The van der Waals surface area contributed by atoms with E-state index in [9.17, 15) is 9.90 Å². The molecule has 1 saturated heterocycles. The molecule has 0 amide bonds. The SMILES string of the molecule is O=c1[nH]cnc(O)c1N1CCCCC1. The van der Waals surface area contributed by atoms with E-state index >= 15 is 0 Å². The molecule has 1 aliphatic rings. The van der Waals surface area contributed by atoms with Gasteiger partial charge in [-0.2, -0.15) is 0 Å². The van der Waals surface area contributed by atoms with Crippen molar-refractivity contribution >= 4 is 5.69 Å². The third kappa shape index (κ3) is 1.57. The van der Waals surface area contributed by atoms with Crippen molar-refractivity contribution in [2.24, 2.45) is 0 Å². The van der Waals surface area contributed by atoms with E-state index in [-0.39, 0.29) is 11.4 Å². The maximum Gasteiger partial charge on any atom is 0.278 e. The van der Waals surface area contributed by atoms with Gasteiger partial charge in [0.15, 0.2) is 5.69 Å². The molecular formula is C9H13N3O2. The molecule has 1 fully saturated rings. The standard InChI is InChI=1S/C9H13N3O2/c13-8-7(9(14)11-6-10-8)12-4-2-1-3-5-12/h6H,1-5H2,(H2,10,11,13,14). The molecule has 0 aromatic carbocycles. The molecule has 0 radical (unpaired) electrons. The van der Waals surface area contributed by atoms with E-state index in [1.165, 1.54) is 12.7 Å². The zero-order valence-electron chi connectivity index (χ0n) is 7.86. The van der Waals surface area contributed by atoms with Crippen LogP contribution in [0.25, 0.3) is 0 Å². The van der Waals surface area contributed by atoms with Crippen molar-refractivity contribution in [1.82, 2.24) is 9.97 Å². The Labute approximate surface area is 81.4 Å². The van der Waals surface area contributed by atoms with Gasteiger partial charge in [-0.25, -0.2) is 4.98 Å². The van der Waals surface area contributed by atoms with Crippen molar-refractivity contribution in [3.05, 3.63) is 16.7 Å². The van der Waals surface area contributed by atoms with Crippen molar-refractivity contribution in [1.29, 1.82) is 0 Å². The highest BCUT2D eigenvalue weighted by Crippen LogP contribution is 2.22. The van der Waals surface area contributed by atoms with Crippen LogP contribution in [-0.2, 0) is 0 Å². The second-order valence-electron chi connectivity index (χ2n) is 3.45. The first-order valence-corrected chi connectivity index (χ1v) is 4.80. The van der Waals surface area contributed by atoms with E-state index in [0.29, 0.717) is 5.69 Å². The van der Waals surface area contributed by atoms with Crippen LogP contribution in [0, 0.1) is 0 Å². The molecule has 0 saturated carbocycles. The number of aromatic hydroxyl groups is 1. The number of H-pyrrole nitrogens is 1. The largest absolute Gasteiger partial charge is 0.492 e. The van der Waals surface area contributed by atoms with Gasteiger partial charge in [0.05, 0.1) is 6.33 Å². The third-order valence-electron chi connectivity index (χ3n) is 2.48. The van der Waals surface area contributed by atoms with Crippen LogP contribution in [-0.4, -0.2) is 28.2 Å². The second kappa shape index (κ2) is 3.69. The summed E-state index contributed by atoms with van der Waals surface area (Å²) >= 11 is 0. The summed E-state index contributed by atoms with van der Waals surface area (Å²) in [5.74, 6) is -0.171. The quantitative estimate of drug-likeness (QED) is 0.683. The van der Waals surface area contributed by atoms with Gasteiger partial charge in [0, 0.05) is 13.1 Å². The maximum atomic E-state index is 11.4. The lowest BCUT2D eigenvalue weighted by Gasteiger charge is -2.27. The monoisotopic (exact) mass is 195 g/mol. The normalized spacial score (nSPS) is 17.0. The first-order valence-electron chi connectivity index (χ1n) is 4.80. The van der Waals surface area contributed by atoms with Gasteiger partial charge in [0.1, 0.15) is 0 Å². The van der Waals surface area contributed by atoms with Crippen LogP contribution in [0.2, 0.25) is 0 Å². The molecule has 0 unspecified atom stereocenters. The van der Waals surface area contributed by atoms with Crippen LogP contribution in [0.3, 0.4) is 0 Å². The van der Waals surface area contributed by atoms with Crippen molar-refractivity contribution in [2.75, 3.05) is 18.0 Å². The van der Waals surface area contributed by atoms with Crippen molar-refractivity contribution in [3.63, 3.8) is 0 Å². The van der Waals surface area contributed by atoms with Gasteiger partial charge in [0.25, 0.3) is 5.56 Å². The fraction of sp³-hybridized carbons (Fsp3) is 0.556. The first kappa shape index (κ1) is 9.05. The molecule has 2 heterocycles. The molecule has 0 atom stereocenters. The molecular weight excluding hydrogens is 182 g/mol. The van der Waals surface area contributed by atoms with Gasteiger partial charge >= 0.3 is 0 Å². The Bertz CT molecular complexity index is 369. The summed E-state index contributed by atoms with van der Waals surface area (Å²) in [6.07, 6.45) is 4.53. The molecule has 0 spiro atoms. The highest BCUT2D eigenvalue weighted by Gasteiger charge is 2.18. The number of rotatable bonds is 1. The number of hydrogen-bond acceptors (Lipinski definition) is 4. The summed E-state index contributed by atoms with van der Waals surface area (Å²) in [5, 5.41) is 9.47. The number of nitrogens with zero attached hydrogens (tertiary/aromatic N) is 2. The van der Waals surface area contributed by atoms with Crippen LogP contribution in [0.5, 0.6) is 5.88 Å². The molecule has 1 aliphatic heterocycles. The molecule has 5 heteroatoms. The number of hydrogen-bond donors (Lipinski definition) is 2. The lowest BCUT2D eigenvalue weighted by atomic mass is 10.1. The van der Waals surface area contributed by atoms with Crippen LogP contribution in [0.4, 0.5) is 5.69 Å². The van der Waals surface area contributed by atoms with Gasteiger partial charge < -0.3 is 15.0 Å². The Morgan fingerprint density at radius 1 is 1.36 bits per heavy atom. The zero-order chi connectivity index (χ0) is 9.97. The van der Waals surface area contributed by atoms with Gasteiger partial charge in [0.2, 0.25) is 5.88 Å². The minimum atomic E-state index is -0.264. The van der Waals surface area contributed by atoms with E-state index in [4.69, 9.17) is 0 Å². The van der Waals surface area contributed by atoms with E-state index in [0.717, 1.165) is 25.9 Å². The van der Waals surface area contributed by atoms with Crippen molar-refractivity contribution < 1.29 is 5.11 Å². The average Bonchev–Trinajstić information content (AvgIpc) is 2.19. The summed E-state index contributed by atoms with van der Waals surface area (Å²) in [5.41, 5.74) is 0.0478. The third-order valence-corrected chi connectivity index (χ3v) is 2.48. The Kier molecular flexibility index (Phi) is 2.39. The highest BCUT2D eigenvalue weighted by atomic mass is 16.3. The Balaban J connectivity index is 2.34. The lowest BCUT2D eigenvalue weighted by Crippen LogP contribution is -2.34.